The van der Waals surface area contributed by atoms with Crippen LogP contribution in [0.25, 0.3) is 0 Å². The van der Waals surface area contributed by atoms with E-state index >= 15 is 0 Å². The molecular formula is C19H28Br2O2. The first-order valence-corrected chi connectivity index (χ1v) is 11.1. The van der Waals surface area contributed by atoms with E-state index in [0.717, 1.165) is 31.1 Å². The van der Waals surface area contributed by atoms with Crippen LogP contribution < -0.4 is 0 Å². The van der Waals surface area contributed by atoms with Gasteiger partial charge < -0.3 is 5.11 Å². The van der Waals surface area contributed by atoms with Crippen molar-refractivity contribution in [2.75, 3.05) is 0 Å². The maximum atomic E-state index is 12.4. The molecule has 4 saturated carbocycles. The molecule has 0 amide bonds. The number of carbonyl (C=O) groups is 1. The Morgan fingerprint density at radius 2 is 1.61 bits per heavy atom. The summed E-state index contributed by atoms with van der Waals surface area (Å²) < 4.78 is 0. The molecule has 0 aliphatic heterocycles. The first-order chi connectivity index (χ1) is 10.8. The lowest BCUT2D eigenvalue weighted by atomic mass is 9.45. The predicted molar refractivity (Wildman–Crippen MR) is 98.9 cm³/mol. The smallest absolute Gasteiger partial charge is 0.160 e. The Labute approximate surface area is 156 Å². The van der Waals surface area contributed by atoms with Crippen LogP contribution in [0.2, 0.25) is 0 Å². The number of aliphatic hydroxyl groups is 1. The zero-order valence-electron chi connectivity index (χ0n) is 14.1. The number of Topliss-reactive ketones (excluding diaryl/α,β-unsaturated/α-hetero) is 1. The van der Waals surface area contributed by atoms with Crippen molar-refractivity contribution >= 4 is 37.6 Å². The highest BCUT2D eigenvalue weighted by molar-refractivity contribution is 9.10. The van der Waals surface area contributed by atoms with Gasteiger partial charge in [0, 0.05) is 0 Å². The third-order valence-corrected chi connectivity index (χ3v) is 10.3. The summed E-state index contributed by atoms with van der Waals surface area (Å²) in [5.74, 6) is 3.00. The Hall–Kier alpha value is 0.590. The monoisotopic (exact) mass is 446 g/mol. The zero-order valence-corrected chi connectivity index (χ0v) is 17.3. The molecule has 1 N–H and O–H groups in total. The minimum atomic E-state index is -0.0974. The first-order valence-electron chi connectivity index (χ1n) is 9.29. The van der Waals surface area contributed by atoms with Crippen LogP contribution in [0.5, 0.6) is 0 Å². The van der Waals surface area contributed by atoms with Crippen LogP contribution in [-0.4, -0.2) is 26.6 Å². The summed E-state index contributed by atoms with van der Waals surface area (Å²) >= 11 is 7.41. The van der Waals surface area contributed by atoms with Gasteiger partial charge in [0.2, 0.25) is 0 Å². The average molecular weight is 448 g/mol. The van der Waals surface area contributed by atoms with Crippen molar-refractivity contribution in [1.82, 2.24) is 0 Å². The van der Waals surface area contributed by atoms with Gasteiger partial charge in [-0.15, -0.1) is 0 Å². The van der Waals surface area contributed by atoms with Crippen LogP contribution >= 0.6 is 31.9 Å². The van der Waals surface area contributed by atoms with Crippen molar-refractivity contribution in [1.29, 1.82) is 0 Å². The molecule has 0 aromatic heterocycles. The second kappa shape index (κ2) is 5.54. The Kier molecular flexibility index (Phi) is 4.10. The van der Waals surface area contributed by atoms with Gasteiger partial charge >= 0.3 is 0 Å². The molecule has 130 valence electrons. The molecule has 23 heavy (non-hydrogen) atoms. The van der Waals surface area contributed by atoms with E-state index in [-0.39, 0.29) is 26.6 Å². The lowest BCUT2D eigenvalue weighted by Gasteiger charge is -2.61. The van der Waals surface area contributed by atoms with Gasteiger partial charge in [-0.1, -0.05) is 45.7 Å². The van der Waals surface area contributed by atoms with Gasteiger partial charge in [0.1, 0.15) is 0 Å². The molecule has 0 radical (unpaired) electrons. The van der Waals surface area contributed by atoms with E-state index in [1.165, 1.54) is 25.7 Å². The molecule has 2 nitrogen and oxygen atoms in total. The predicted octanol–water partition coefficient (Wildman–Crippen LogP) is 4.71. The van der Waals surface area contributed by atoms with Gasteiger partial charge in [0.25, 0.3) is 0 Å². The number of hydrogen-bond acceptors (Lipinski definition) is 2. The zero-order chi connectivity index (χ0) is 16.6. The van der Waals surface area contributed by atoms with Crippen molar-refractivity contribution in [3.8, 4) is 0 Å². The number of halogens is 2. The second-order valence-electron chi connectivity index (χ2n) is 9.18. The van der Waals surface area contributed by atoms with E-state index in [1.54, 1.807) is 0 Å². The van der Waals surface area contributed by atoms with Crippen molar-refractivity contribution in [2.45, 2.75) is 74.6 Å². The van der Waals surface area contributed by atoms with Crippen molar-refractivity contribution in [3.63, 3.8) is 0 Å². The molecule has 4 fully saturated rings. The SMILES string of the molecule is C[C@]12C[C@@H](Br)C(=O)[C@@H](Br)[C@@H]1CC[C@@H]1[C@@H]2CC[C@]2(C)[C@@H](O)CC[C@@H]12. The average Bonchev–Trinajstić information content (AvgIpc) is 2.80. The fourth-order valence-electron chi connectivity index (χ4n) is 7.10. The molecule has 0 saturated heterocycles. The summed E-state index contributed by atoms with van der Waals surface area (Å²) in [5, 5.41) is 10.5. The third-order valence-electron chi connectivity index (χ3n) is 8.45. The van der Waals surface area contributed by atoms with Gasteiger partial charge in [-0.3, -0.25) is 4.79 Å². The number of aliphatic hydroxyl groups excluding tert-OH is 1. The minimum Gasteiger partial charge on any atom is -0.393 e. The quantitative estimate of drug-likeness (QED) is 0.546. The van der Waals surface area contributed by atoms with E-state index in [2.05, 4.69) is 45.7 Å². The third kappa shape index (κ3) is 2.23. The molecule has 0 bridgehead atoms. The molecule has 4 heteroatoms. The first kappa shape index (κ1) is 17.0. The number of alkyl halides is 2. The molecule has 0 aromatic carbocycles. The van der Waals surface area contributed by atoms with E-state index in [4.69, 9.17) is 0 Å². The normalized spacial score (nSPS) is 59.2. The summed E-state index contributed by atoms with van der Waals surface area (Å²) in [4.78, 5) is 12.5. The summed E-state index contributed by atoms with van der Waals surface area (Å²) in [6.07, 6.45) is 7.90. The molecule has 4 rings (SSSR count). The van der Waals surface area contributed by atoms with E-state index in [9.17, 15) is 9.90 Å². The van der Waals surface area contributed by atoms with Crippen LogP contribution in [0.1, 0.15) is 58.8 Å². The van der Waals surface area contributed by atoms with Crippen molar-refractivity contribution in [3.05, 3.63) is 0 Å². The molecule has 0 aromatic rings. The van der Waals surface area contributed by atoms with Crippen LogP contribution in [0.15, 0.2) is 0 Å². The molecule has 0 spiro atoms. The standard InChI is InChI=1S/C19H28Br2O2/c1-18-8-7-12-10(11(18)5-6-15(18)22)3-4-13-16(21)17(23)14(20)9-19(12,13)2/h10-16,22H,3-9H2,1-2H3/t10-,11-,12-,13-,14+,15-,16-,18-,19+/m0/s1. The molecule has 0 heterocycles. The molecule has 4 aliphatic rings. The highest BCUT2D eigenvalue weighted by Gasteiger charge is 2.62. The van der Waals surface area contributed by atoms with Crippen LogP contribution in [0.4, 0.5) is 0 Å². The number of fused-ring (bicyclic) bond motifs is 5. The van der Waals surface area contributed by atoms with E-state index in [1.807, 2.05) is 0 Å². The largest absolute Gasteiger partial charge is 0.393 e. The fourth-order valence-corrected chi connectivity index (χ4v) is 9.62. The summed E-state index contributed by atoms with van der Waals surface area (Å²) in [7, 11) is 0. The summed E-state index contributed by atoms with van der Waals surface area (Å²) in [6.45, 7) is 4.79. The summed E-state index contributed by atoms with van der Waals surface area (Å²) in [6, 6.07) is 0. The van der Waals surface area contributed by atoms with Gasteiger partial charge in [0.15, 0.2) is 5.78 Å². The molecular weight excluding hydrogens is 420 g/mol. The number of hydrogen-bond donors (Lipinski definition) is 1. The number of carbonyl (C=O) groups excluding carboxylic acids is 1. The molecule has 9 atom stereocenters. The van der Waals surface area contributed by atoms with Crippen LogP contribution in [-0.2, 0) is 4.79 Å². The lowest BCUT2D eigenvalue weighted by Crippen LogP contribution is -2.58. The van der Waals surface area contributed by atoms with Crippen LogP contribution in [0, 0.1) is 34.5 Å². The highest BCUT2D eigenvalue weighted by atomic mass is 79.9. The molecule has 4 aliphatic carbocycles. The number of rotatable bonds is 0. The Balaban J connectivity index is 1.67. The summed E-state index contributed by atoms with van der Waals surface area (Å²) in [5.41, 5.74) is 0.407. The lowest BCUT2D eigenvalue weighted by molar-refractivity contribution is -0.138. The van der Waals surface area contributed by atoms with E-state index < -0.39 is 0 Å². The van der Waals surface area contributed by atoms with Gasteiger partial charge in [-0.2, -0.15) is 0 Å². The second-order valence-corrected chi connectivity index (χ2v) is 11.3. The van der Waals surface area contributed by atoms with E-state index in [0.29, 0.717) is 17.6 Å². The fraction of sp³-hybridized carbons (Fsp3) is 0.947. The Bertz CT molecular complexity index is 523. The Morgan fingerprint density at radius 3 is 2.35 bits per heavy atom. The maximum Gasteiger partial charge on any atom is 0.160 e. The van der Waals surface area contributed by atoms with Gasteiger partial charge in [-0.25, -0.2) is 0 Å². The van der Waals surface area contributed by atoms with Crippen molar-refractivity contribution < 1.29 is 9.90 Å². The van der Waals surface area contributed by atoms with Crippen molar-refractivity contribution in [2.24, 2.45) is 34.5 Å². The molecule has 0 unspecified atom stereocenters. The van der Waals surface area contributed by atoms with Gasteiger partial charge in [-0.05, 0) is 79.4 Å². The minimum absolute atomic E-state index is 0.00866. The highest BCUT2D eigenvalue weighted by Crippen LogP contribution is 2.66. The maximum absolute atomic E-state index is 12.4. The topological polar surface area (TPSA) is 37.3 Å². The van der Waals surface area contributed by atoms with Crippen LogP contribution in [0.3, 0.4) is 0 Å². The van der Waals surface area contributed by atoms with Gasteiger partial charge in [0.05, 0.1) is 15.8 Å². The Morgan fingerprint density at radius 1 is 0.957 bits per heavy atom. The number of ketones is 1.